The van der Waals surface area contributed by atoms with Gasteiger partial charge in [0.25, 0.3) is 0 Å². The van der Waals surface area contributed by atoms with E-state index < -0.39 is 9.84 Å². The monoisotopic (exact) mass is 296 g/mol. The zero-order chi connectivity index (χ0) is 14.2. The second-order valence-corrected chi connectivity index (χ2v) is 7.75. The largest absolute Gasteiger partial charge is 0.337 e. The van der Waals surface area contributed by atoms with Crippen molar-refractivity contribution >= 4 is 15.8 Å². The minimum Gasteiger partial charge on any atom is -0.337 e. The Bertz CT molecular complexity index is 602. The molecule has 1 fully saturated rings. The van der Waals surface area contributed by atoms with E-state index in [2.05, 4.69) is 14.9 Å². The standard InChI is InChI=1S/C13H20N4O2S/c14-7-11-3-1-2-5-17(11)13-15-8-10-9-20(18,19)6-4-12(10)16-13/h8,11H,1-7,9,14H2. The molecule has 3 rings (SSSR count). The molecular formula is C13H20N4O2S. The summed E-state index contributed by atoms with van der Waals surface area (Å²) in [6, 6.07) is 0.300. The molecule has 0 saturated carbocycles. The third-order valence-corrected chi connectivity index (χ3v) is 5.70. The maximum Gasteiger partial charge on any atom is 0.225 e. The molecule has 1 saturated heterocycles. The lowest BCUT2D eigenvalue weighted by molar-refractivity contribution is 0.457. The maximum absolute atomic E-state index is 11.6. The van der Waals surface area contributed by atoms with Crippen LogP contribution >= 0.6 is 0 Å². The molecule has 2 aliphatic rings. The minimum atomic E-state index is -2.96. The van der Waals surface area contributed by atoms with E-state index in [1.54, 1.807) is 6.20 Å². The van der Waals surface area contributed by atoms with Crippen LogP contribution in [0.3, 0.4) is 0 Å². The first kappa shape index (κ1) is 13.8. The summed E-state index contributed by atoms with van der Waals surface area (Å²) in [4.78, 5) is 11.1. The summed E-state index contributed by atoms with van der Waals surface area (Å²) in [5, 5.41) is 0. The number of sulfone groups is 1. The highest BCUT2D eigenvalue weighted by Gasteiger charge is 2.27. The highest BCUT2D eigenvalue weighted by Crippen LogP contribution is 2.24. The van der Waals surface area contributed by atoms with Crippen molar-refractivity contribution in [3.63, 3.8) is 0 Å². The van der Waals surface area contributed by atoms with Crippen molar-refractivity contribution in [3.05, 3.63) is 17.5 Å². The predicted octanol–water partition coefficient (Wildman–Crippen LogP) is 0.265. The Balaban J connectivity index is 1.89. The fraction of sp³-hybridized carbons (Fsp3) is 0.692. The van der Waals surface area contributed by atoms with E-state index in [0.717, 1.165) is 30.6 Å². The number of aryl methyl sites for hydroxylation is 1. The van der Waals surface area contributed by atoms with Crippen molar-refractivity contribution in [1.82, 2.24) is 9.97 Å². The molecular weight excluding hydrogens is 276 g/mol. The van der Waals surface area contributed by atoms with Crippen molar-refractivity contribution in [2.24, 2.45) is 5.73 Å². The Kier molecular flexibility index (Phi) is 3.64. The van der Waals surface area contributed by atoms with E-state index in [9.17, 15) is 8.42 Å². The molecule has 0 radical (unpaired) electrons. The average Bonchev–Trinajstić information content (AvgIpc) is 2.46. The van der Waals surface area contributed by atoms with E-state index in [4.69, 9.17) is 5.73 Å². The van der Waals surface area contributed by atoms with Gasteiger partial charge in [0.2, 0.25) is 5.95 Å². The molecule has 1 atom stereocenters. The van der Waals surface area contributed by atoms with Crippen LogP contribution in [-0.2, 0) is 22.0 Å². The molecule has 0 bridgehead atoms. The summed E-state index contributed by atoms with van der Waals surface area (Å²) in [7, 11) is -2.96. The second-order valence-electron chi connectivity index (χ2n) is 5.56. The van der Waals surface area contributed by atoms with Crippen molar-refractivity contribution in [2.75, 3.05) is 23.7 Å². The lowest BCUT2D eigenvalue weighted by Crippen LogP contribution is -2.45. The Morgan fingerprint density at radius 1 is 1.40 bits per heavy atom. The molecule has 0 amide bonds. The van der Waals surface area contributed by atoms with Gasteiger partial charge >= 0.3 is 0 Å². The number of anilines is 1. The first-order valence-corrected chi connectivity index (χ1v) is 8.93. The second kappa shape index (κ2) is 5.29. The van der Waals surface area contributed by atoms with Gasteiger partial charge in [0.1, 0.15) is 0 Å². The SMILES string of the molecule is NCC1CCCCN1c1ncc2c(n1)CCS(=O)(=O)C2. The van der Waals surface area contributed by atoms with Crippen LogP contribution in [0.15, 0.2) is 6.20 Å². The molecule has 1 aromatic rings. The summed E-state index contributed by atoms with van der Waals surface area (Å²) in [5.74, 6) is 0.970. The smallest absolute Gasteiger partial charge is 0.225 e. The molecule has 7 heteroatoms. The van der Waals surface area contributed by atoms with Gasteiger partial charge in [0, 0.05) is 37.3 Å². The molecule has 20 heavy (non-hydrogen) atoms. The van der Waals surface area contributed by atoms with E-state index in [-0.39, 0.29) is 11.5 Å². The van der Waals surface area contributed by atoms with E-state index in [1.165, 1.54) is 6.42 Å². The van der Waals surface area contributed by atoms with E-state index in [1.807, 2.05) is 0 Å². The molecule has 0 aromatic carbocycles. The number of nitrogens with two attached hydrogens (primary N) is 1. The van der Waals surface area contributed by atoms with Crippen LogP contribution < -0.4 is 10.6 Å². The van der Waals surface area contributed by atoms with E-state index in [0.29, 0.717) is 25.0 Å². The molecule has 1 aromatic heterocycles. The topological polar surface area (TPSA) is 89.2 Å². The van der Waals surface area contributed by atoms with Gasteiger partial charge < -0.3 is 10.6 Å². The predicted molar refractivity (Wildman–Crippen MR) is 77.3 cm³/mol. The number of fused-ring (bicyclic) bond motifs is 1. The fourth-order valence-corrected chi connectivity index (χ4v) is 4.34. The van der Waals surface area contributed by atoms with Gasteiger partial charge in [-0.15, -0.1) is 0 Å². The van der Waals surface area contributed by atoms with Crippen LogP contribution in [0.1, 0.15) is 30.5 Å². The van der Waals surface area contributed by atoms with Crippen LogP contribution in [0.4, 0.5) is 5.95 Å². The summed E-state index contributed by atoms with van der Waals surface area (Å²) in [6.07, 6.45) is 5.57. The number of hydrogen-bond acceptors (Lipinski definition) is 6. The number of aromatic nitrogens is 2. The van der Waals surface area contributed by atoms with Crippen LogP contribution in [0.2, 0.25) is 0 Å². The van der Waals surface area contributed by atoms with Gasteiger partial charge in [-0.2, -0.15) is 0 Å². The highest BCUT2D eigenvalue weighted by molar-refractivity contribution is 7.90. The number of rotatable bonds is 2. The molecule has 2 N–H and O–H groups in total. The molecule has 0 spiro atoms. The van der Waals surface area contributed by atoms with Gasteiger partial charge in [-0.25, -0.2) is 18.4 Å². The Morgan fingerprint density at radius 3 is 3.05 bits per heavy atom. The van der Waals surface area contributed by atoms with Crippen molar-refractivity contribution < 1.29 is 8.42 Å². The van der Waals surface area contributed by atoms with Crippen molar-refractivity contribution in [1.29, 1.82) is 0 Å². The first-order chi connectivity index (χ1) is 9.59. The van der Waals surface area contributed by atoms with Gasteiger partial charge in [0.15, 0.2) is 9.84 Å². The maximum atomic E-state index is 11.6. The lowest BCUT2D eigenvalue weighted by Gasteiger charge is -2.35. The molecule has 1 unspecified atom stereocenters. The molecule has 110 valence electrons. The third kappa shape index (κ3) is 2.64. The molecule has 6 nitrogen and oxygen atoms in total. The van der Waals surface area contributed by atoms with Gasteiger partial charge in [0.05, 0.1) is 17.2 Å². The zero-order valence-electron chi connectivity index (χ0n) is 11.5. The highest BCUT2D eigenvalue weighted by atomic mass is 32.2. The van der Waals surface area contributed by atoms with Crippen molar-refractivity contribution in [3.8, 4) is 0 Å². The first-order valence-electron chi connectivity index (χ1n) is 7.11. The normalized spacial score (nSPS) is 25.2. The third-order valence-electron chi connectivity index (χ3n) is 4.12. The number of hydrogen-bond donors (Lipinski definition) is 1. The quantitative estimate of drug-likeness (QED) is 0.842. The molecule has 0 aliphatic carbocycles. The summed E-state index contributed by atoms with van der Waals surface area (Å²) in [5.41, 5.74) is 7.46. The lowest BCUT2D eigenvalue weighted by atomic mass is 10.0. The Morgan fingerprint density at radius 2 is 2.25 bits per heavy atom. The fourth-order valence-electron chi connectivity index (χ4n) is 2.98. The Labute approximate surface area is 119 Å². The van der Waals surface area contributed by atoms with Crippen LogP contribution in [-0.4, -0.2) is 43.3 Å². The van der Waals surface area contributed by atoms with Crippen molar-refractivity contribution in [2.45, 2.75) is 37.5 Å². The van der Waals surface area contributed by atoms with Crippen LogP contribution in [0, 0.1) is 0 Å². The van der Waals surface area contributed by atoms with Gasteiger partial charge in [-0.1, -0.05) is 0 Å². The minimum absolute atomic E-state index is 0.0724. The average molecular weight is 296 g/mol. The van der Waals surface area contributed by atoms with E-state index >= 15 is 0 Å². The summed E-state index contributed by atoms with van der Waals surface area (Å²) in [6.45, 7) is 1.54. The van der Waals surface area contributed by atoms with Crippen LogP contribution in [0.25, 0.3) is 0 Å². The number of nitrogens with zero attached hydrogens (tertiary/aromatic N) is 3. The molecule has 2 aliphatic heterocycles. The number of piperidine rings is 1. The van der Waals surface area contributed by atoms with Crippen LogP contribution in [0.5, 0.6) is 0 Å². The Hall–Kier alpha value is -1.21. The summed E-state index contributed by atoms with van der Waals surface area (Å²) < 4.78 is 23.2. The van der Waals surface area contributed by atoms with Gasteiger partial charge in [-0.3, -0.25) is 0 Å². The zero-order valence-corrected chi connectivity index (χ0v) is 12.3. The van der Waals surface area contributed by atoms with Gasteiger partial charge in [-0.05, 0) is 19.3 Å². The summed E-state index contributed by atoms with van der Waals surface area (Å²) >= 11 is 0. The molecule has 3 heterocycles.